The van der Waals surface area contributed by atoms with Crippen LogP contribution in [0.2, 0.25) is 0 Å². The summed E-state index contributed by atoms with van der Waals surface area (Å²) in [4.78, 5) is 35.9. The van der Waals surface area contributed by atoms with Crippen LogP contribution in [0, 0.1) is 0 Å². The number of nitrogens with two attached hydrogens (primary N) is 1. The molecule has 96 valence electrons. The largest absolute Gasteiger partial charge is 0.383 e. The zero-order chi connectivity index (χ0) is 13.0. The quantitative estimate of drug-likeness (QED) is 0.569. The lowest BCUT2D eigenvalue weighted by atomic mass is 10.1. The molecule has 1 aliphatic heterocycles. The summed E-state index contributed by atoms with van der Waals surface area (Å²) < 4.78 is 4.78. The molecule has 0 aliphatic carbocycles. The SMILES string of the molecule is CCC1C(=O)NC(=O)CN1C(=O)C(N)COC. The first-order chi connectivity index (χ1) is 8.01. The van der Waals surface area contributed by atoms with E-state index in [0.29, 0.717) is 6.42 Å². The van der Waals surface area contributed by atoms with E-state index in [2.05, 4.69) is 5.32 Å². The van der Waals surface area contributed by atoms with Crippen LogP contribution in [0.1, 0.15) is 13.3 Å². The molecule has 1 saturated heterocycles. The van der Waals surface area contributed by atoms with Gasteiger partial charge in [0, 0.05) is 7.11 Å². The van der Waals surface area contributed by atoms with Crippen LogP contribution in [-0.2, 0) is 19.1 Å². The minimum absolute atomic E-state index is 0.0571. The summed E-state index contributed by atoms with van der Waals surface area (Å²) in [6.45, 7) is 1.68. The average Bonchev–Trinajstić information content (AvgIpc) is 2.27. The molecule has 0 aromatic rings. The molecule has 0 aromatic heterocycles. The number of hydrogen-bond acceptors (Lipinski definition) is 5. The topological polar surface area (TPSA) is 102 Å². The standard InChI is InChI=1S/C10H17N3O4/c1-3-7-9(15)12-8(14)4-13(7)10(16)6(11)5-17-2/h6-7H,3-5,11H2,1-2H3,(H,12,14,15). The molecule has 1 rings (SSSR count). The lowest BCUT2D eigenvalue weighted by molar-refractivity contribution is -0.151. The minimum atomic E-state index is -0.854. The zero-order valence-corrected chi connectivity index (χ0v) is 9.93. The fourth-order valence-electron chi connectivity index (χ4n) is 1.77. The van der Waals surface area contributed by atoms with E-state index in [1.807, 2.05) is 0 Å². The van der Waals surface area contributed by atoms with Gasteiger partial charge in [0.05, 0.1) is 6.61 Å². The molecule has 3 N–H and O–H groups in total. The Kier molecular flexibility index (Phi) is 4.59. The van der Waals surface area contributed by atoms with E-state index in [-0.39, 0.29) is 13.2 Å². The second kappa shape index (κ2) is 5.74. The van der Waals surface area contributed by atoms with E-state index in [4.69, 9.17) is 10.5 Å². The Morgan fingerprint density at radius 3 is 2.82 bits per heavy atom. The Morgan fingerprint density at radius 1 is 1.65 bits per heavy atom. The highest BCUT2D eigenvalue weighted by Gasteiger charge is 2.37. The zero-order valence-electron chi connectivity index (χ0n) is 9.93. The van der Waals surface area contributed by atoms with Crippen LogP contribution in [0.25, 0.3) is 0 Å². The highest BCUT2D eigenvalue weighted by atomic mass is 16.5. The molecule has 0 spiro atoms. The van der Waals surface area contributed by atoms with Crippen molar-refractivity contribution in [2.24, 2.45) is 5.73 Å². The van der Waals surface area contributed by atoms with E-state index in [9.17, 15) is 14.4 Å². The Labute approximate surface area is 99.3 Å². The van der Waals surface area contributed by atoms with Crippen LogP contribution in [0.15, 0.2) is 0 Å². The predicted octanol–water partition coefficient (Wildman–Crippen LogP) is -1.78. The van der Waals surface area contributed by atoms with E-state index in [1.165, 1.54) is 12.0 Å². The van der Waals surface area contributed by atoms with Gasteiger partial charge in [-0.05, 0) is 6.42 Å². The number of nitrogens with one attached hydrogen (secondary N) is 1. The minimum Gasteiger partial charge on any atom is -0.383 e. The Hall–Kier alpha value is -1.47. The number of amides is 3. The van der Waals surface area contributed by atoms with Gasteiger partial charge in [0.2, 0.25) is 17.7 Å². The second-order valence-electron chi connectivity index (χ2n) is 3.86. The third-order valence-electron chi connectivity index (χ3n) is 2.59. The van der Waals surface area contributed by atoms with Gasteiger partial charge in [-0.3, -0.25) is 19.7 Å². The van der Waals surface area contributed by atoms with Crippen LogP contribution >= 0.6 is 0 Å². The van der Waals surface area contributed by atoms with Gasteiger partial charge < -0.3 is 15.4 Å². The van der Waals surface area contributed by atoms with Crippen molar-refractivity contribution in [3.8, 4) is 0 Å². The van der Waals surface area contributed by atoms with Crippen LogP contribution in [0.5, 0.6) is 0 Å². The number of rotatable bonds is 4. The van der Waals surface area contributed by atoms with Crippen molar-refractivity contribution >= 4 is 17.7 Å². The molecule has 2 atom stereocenters. The molecule has 17 heavy (non-hydrogen) atoms. The lowest BCUT2D eigenvalue weighted by Gasteiger charge is -2.34. The van der Waals surface area contributed by atoms with Gasteiger partial charge in [0.25, 0.3) is 0 Å². The molecule has 0 bridgehead atoms. The van der Waals surface area contributed by atoms with Gasteiger partial charge in [-0.25, -0.2) is 0 Å². The molecule has 7 heteroatoms. The molecule has 0 saturated carbocycles. The molecule has 7 nitrogen and oxygen atoms in total. The number of carbonyl (C=O) groups is 3. The maximum absolute atomic E-state index is 11.9. The second-order valence-corrected chi connectivity index (χ2v) is 3.86. The van der Waals surface area contributed by atoms with Crippen LogP contribution < -0.4 is 11.1 Å². The fraction of sp³-hybridized carbons (Fsp3) is 0.700. The number of piperazine rings is 1. The molecule has 1 aliphatic rings. The number of nitrogens with zero attached hydrogens (tertiary/aromatic N) is 1. The summed E-state index contributed by atoms with van der Waals surface area (Å²) in [6.07, 6.45) is 0.435. The maximum Gasteiger partial charge on any atom is 0.249 e. The van der Waals surface area contributed by atoms with Crippen LogP contribution in [-0.4, -0.2) is 55.0 Å². The highest BCUT2D eigenvalue weighted by Crippen LogP contribution is 2.10. The highest BCUT2D eigenvalue weighted by molar-refractivity contribution is 6.04. The lowest BCUT2D eigenvalue weighted by Crippen LogP contribution is -2.62. The predicted molar refractivity (Wildman–Crippen MR) is 58.8 cm³/mol. The number of methoxy groups -OCH3 is 1. The summed E-state index contributed by atoms with van der Waals surface area (Å²) in [5.74, 6) is -1.39. The first kappa shape index (κ1) is 13.6. The summed E-state index contributed by atoms with van der Waals surface area (Å²) in [6, 6.07) is -1.49. The van der Waals surface area contributed by atoms with Crippen LogP contribution in [0.3, 0.4) is 0 Å². The molecule has 1 heterocycles. The monoisotopic (exact) mass is 243 g/mol. The Bertz CT molecular complexity index is 332. The third kappa shape index (κ3) is 3.01. The van der Waals surface area contributed by atoms with E-state index >= 15 is 0 Å². The summed E-state index contributed by atoms with van der Waals surface area (Å²) in [7, 11) is 1.43. The number of ether oxygens (including phenoxy) is 1. The molecule has 0 aromatic carbocycles. The molecule has 2 unspecified atom stereocenters. The Balaban J connectivity index is 2.81. The molecule has 1 fully saturated rings. The molecule has 0 radical (unpaired) electrons. The molecular formula is C10H17N3O4. The summed E-state index contributed by atoms with van der Waals surface area (Å²) in [5.41, 5.74) is 5.61. The number of imide groups is 1. The smallest absolute Gasteiger partial charge is 0.249 e. The van der Waals surface area contributed by atoms with Gasteiger partial charge in [-0.1, -0.05) is 6.92 Å². The van der Waals surface area contributed by atoms with Gasteiger partial charge >= 0.3 is 0 Å². The van der Waals surface area contributed by atoms with Crippen LogP contribution in [0.4, 0.5) is 0 Å². The number of carbonyl (C=O) groups excluding carboxylic acids is 3. The van der Waals surface area contributed by atoms with Crippen molar-refractivity contribution < 1.29 is 19.1 Å². The summed E-state index contributed by atoms with van der Waals surface area (Å²) in [5, 5.41) is 2.19. The first-order valence-corrected chi connectivity index (χ1v) is 5.40. The van der Waals surface area contributed by atoms with Crippen molar-refractivity contribution in [2.75, 3.05) is 20.3 Å². The van der Waals surface area contributed by atoms with Gasteiger partial charge in [-0.15, -0.1) is 0 Å². The van der Waals surface area contributed by atoms with Crippen molar-refractivity contribution in [3.05, 3.63) is 0 Å². The van der Waals surface area contributed by atoms with Crippen molar-refractivity contribution in [2.45, 2.75) is 25.4 Å². The first-order valence-electron chi connectivity index (χ1n) is 5.40. The normalized spacial score (nSPS) is 22.3. The van der Waals surface area contributed by atoms with E-state index in [0.717, 1.165) is 0 Å². The van der Waals surface area contributed by atoms with Gasteiger partial charge in [0.1, 0.15) is 18.6 Å². The molecule has 3 amide bonds. The van der Waals surface area contributed by atoms with Crippen molar-refractivity contribution in [1.29, 1.82) is 0 Å². The van der Waals surface area contributed by atoms with Crippen molar-refractivity contribution in [3.63, 3.8) is 0 Å². The Morgan fingerprint density at radius 2 is 2.29 bits per heavy atom. The average molecular weight is 243 g/mol. The fourth-order valence-corrected chi connectivity index (χ4v) is 1.77. The molecular weight excluding hydrogens is 226 g/mol. The number of hydrogen-bond donors (Lipinski definition) is 2. The van der Waals surface area contributed by atoms with Gasteiger partial charge in [-0.2, -0.15) is 0 Å². The van der Waals surface area contributed by atoms with E-state index < -0.39 is 29.8 Å². The third-order valence-corrected chi connectivity index (χ3v) is 2.59. The van der Waals surface area contributed by atoms with Gasteiger partial charge in [0.15, 0.2) is 0 Å². The maximum atomic E-state index is 11.9. The van der Waals surface area contributed by atoms with E-state index in [1.54, 1.807) is 6.92 Å². The van der Waals surface area contributed by atoms with Crippen molar-refractivity contribution in [1.82, 2.24) is 10.2 Å². The summed E-state index contributed by atoms with van der Waals surface area (Å²) >= 11 is 0.